The fraction of sp³-hybridized carbons (Fsp3) is 0.412. The zero-order valence-corrected chi connectivity index (χ0v) is 29.7. The van der Waals surface area contributed by atoms with Crippen LogP contribution < -0.4 is 25.7 Å². The molecule has 0 bridgehead atoms. The number of rotatable bonds is 12. The second-order valence-corrected chi connectivity index (χ2v) is 12.7. The van der Waals surface area contributed by atoms with Gasteiger partial charge in [-0.15, -0.1) is 0 Å². The zero-order valence-electron chi connectivity index (χ0n) is 28.2. The Morgan fingerprint density at radius 3 is 2.22 bits per heavy atom. The summed E-state index contributed by atoms with van der Waals surface area (Å²) in [6.45, 7) is 12.7. The molecular formula is C34H40Cl2N8O6. The van der Waals surface area contributed by atoms with E-state index in [1.807, 2.05) is 0 Å². The van der Waals surface area contributed by atoms with E-state index < -0.39 is 12.1 Å². The summed E-state index contributed by atoms with van der Waals surface area (Å²) in [4.78, 5) is 65.7. The van der Waals surface area contributed by atoms with Crippen molar-refractivity contribution in [2.75, 3.05) is 65.3 Å². The number of nitrogens with zero attached hydrogens (tertiary/aromatic N) is 6. The Balaban J connectivity index is 1.52. The van der Waals surface area contributed by atoms with E-state index in [4.69, 9.17) is 37.7 Å². The number of piperazine rings is 1. The molecule has 16 heteroatoms. The minimum atomic E-state index is -0.428. The molecule has 2 fully saturated rings. The minimum Gasteiger partial charge on any atom is -0.495 e. The monoisotopic (exact) mass is 726 g/mol. The van der Waals surface area contributed by atoms with Crippen molar-refractivity contribution in [1.82, 2.24) is 34.6 Å². The first-order chi connectivity index (χ1) is 24.0. The van der Waals surface area contributed by atoms with Crippen LogP contribution in [0.3, 0.4) is 0 Å². The highest BCUT2D eigenvalue weighted by Crippen LogP contribution is 2.45. The molecule has 0 saturated carbocycles. The SMILES string of the molecule is C=CC(=O)NC1CN(C(C)=O)CC1Nc1ncc2cc(-c3c(Cl)c(OC)cc(OC)c3Cl)c(=O)n(CCCN3CCN(C(=O)C=C)CC3)c2n1. The van der Waals surface area contributed by atoms with Gasteiger partial charge >= 0.3 is 0 Å². The van der Waals surface area contributed by atoms with E-state index in [1.165, 1.54) is 33.3 Å². The summed E-state index contributed by atoms with van der Waals surface area (Å²) < 4.78 is 12.5. The quantitative estimate of drug-likeness (QED) is 0.267. The van der Waals surface area contributed by atoms with Gasteiger partial charge in [-0.3, -0.25) is 28.6 Å². The first-order valence-electron chi connectivity index (χ1n) is 16.1. The van der Waals surface area contributed by atoms with Crippen molar-refractivity contribution in [2.24, 2.45) is 0 Å². The molecule has 0 spiro atoms. The standard InChI is InChI=1S/C34H40Cl2N8O6/c1-6-27(46)38-23-18-43(20(3)45)19-24(23)39-34-37-17-21-15-22(29-30(35)25(49-4)16-26(50-5)31(29)36)33(48)44(32(21)40-34)10-8-9-41-11-13-42(14-12-41)28(47)7-2/h6-7,15-17,23-24H,1-2,8-14,18-19H2,3-5H3,(H,38,46)(H,37,39,40). The van der Waals surface area contributed by atoms with Crippen LogP contribution in [0.25, 0.3) is 22.2 Å². The molecule has 3 amide bonds. The number of carbonyl (C=O) groups excluding carboxylic acids is 3. The van der Waals surface area contributed by atoms with Gasteiger partial charge in [-0.05, 0) is 31.2 Å². The number of carbonyl (C=O) groups is 3. The lowest BCUT2D eigenvalue weighted by molar-refractivity contribution is -0.128. The molecule has 5 rings (SSSR count). The average Bonchev–Trinajstić information content (AvgIpc) is 3.51. The number of likely N-dealkylation sites (tertiary alicyclic amines) is 1. The van der Waals surface area contributed by atoms with E-state index >= 15 is 0 Å². The first-order valence-corrected chi connectivity index (χ1v) is 16.8. The lowest BCUT2D eigenvalue weighted by Gasteiger charge is -2.34. The number of hydrogen-bond donors (Lipinski definition) is 2. The number of methoxy groups -OCH3 is 2. The van der Waals surface area contributed by atoms with Crippen LogP contribution in [-0.2, 0) is 20.9 Å². The summed E-state index contributed by atoms with van der Waals surface area (Å²) >= 11 is 13.5. The summed E-state index contributed by atoms with van der Waals surface area (Å²) in [6.07, 6.45) is 4.68. The summed E-state index contributed by atoms with van der Waals surface area (Å²) in [5.74, 6) is 0.201. The molecular weight excluding hydrogens is 687 g/mol. The van der Waals surface area contributed by atoms with Crippen LogP contribution in [0, 0.1) is 0 Å². The fourth-order valence-corrected chi connectivity index (χ4v) is 6.98. The fourth-order valence-electron chi connectivity index (χ4n) is 6.27. The van der Waals surface area contributed by atoms with E-state index in [1.54, 1.807) is 32.7 Å². The van der Waals surface area contributed by atoms with Gasteiger partial charge in [0.05, 0.1) is 41.9 Å². The van der Waals surface area contributed by atoms with Crippen molar-refractivity contribution in [2.45, 2.75) is 32.0 Å². The molecule has 2 N–H and O–H groups in total. The van der Waals surface area contributed by atoms with Gasteiger partial charge in [-0.1, -0.05) is 36.4 Å². The highest BCUT2D eigenvalue weighted by atomic mass is 35.5. The van der Waals surface area contributed by atoms with E-state index in [9.17, 15) is 19.2 Å². The largest absolute Gasteiger partial charge is 0.495 e. The molecule has 1 aromatic carbocycles. The number of benzene rings is 1. The molecule has 266 valence electrons. The third-order valence-electron chi connectivity index (χ3n) is 8.98. The number of ether oxygens (including phenoxy) is 2. The third-order valence-corrected chi connectivity index (χ3v) is 9.73. The zero-order chi connectivity index (χ0) is 36.1. The van der Waals surface area contributed by atoms with Crippen LogP contribution in [0.2, 0.25) is 10.0 Å². The number of aryl methyl sites for hydroxylation is 1. The molecule has 2 unspecified atom stereocenters. The second kappa shape index (κ2) is 15.9. The summed E-state index contributed by atoms with van der Waals surface area (Å²) in [5, 5.41) is 6.97. The Morgan fingerprint density at radius 1 is 0.960 bits per heavy atom. The van der Waals surface area contributed by atoms with Gasteiger partial charge in [0.2, 0.25) is 23.7 Å². The number of hydrogen-bond acceptors (Lipinski definition) is 10. The van der Waals surface area contributed by atoms with Gasteiger partial charge < -0.3 is 29.9 Å². The number of aromatic nitrogens is 3. The molecule has 4 heterocycles. The molecule has 0 aliphatic carbocycles. The lowest BCUT2D eigenvalue weighted by Crippen LogP contribution is -2.48. The molecule has 50 heavy (non-hydrogen) atoms. The van der Waals surface area contributed by atoms with Crippen LogP contribution in [0.5, 0.6) is 11.5 Å². The molecule has 14 nitrogen and oxygen atoms in total. The number of amides is 3. The molecule has 2 aliphatic rings. The maximum absolute atomic E-state index is 14.4. The number of nitrogens with one attached hydrogen (secondary N) is 2. The maximum Gasteiger partial charge on any atom is 0.260 e. The minimum absolute atomic E-state index is 0.0870. The Bertz CT molecular complexity index is 1850. The number of anilines is 1. The van der Waals surface area contributed by atoms with E-state index in [0.29, 0.717) is 69.8 Å². The molecule has 0 radical (unpaired) electrons. The number of halogens is 2. The van der Waals surface area contributed by atoms with Gasteiger partial charge in [-0.2, -0.15) is 4.98 Å². The normalized spacial score (nSPS) is 17.8. The molecule has 2 aromatic heterocycles. The Hall–Kier alpha value is -4.66. The highest BCUT2D eigenvalue weighted by Gasteiger charge is 2.35. The van der Waals surface area contributed by atoms with Crippen molar-refractivity contribution in [3.8, 4) is 22.6 Å². The van der Waals surface area contributed by atoms with Crippen molar-refractivity contribution < 1.29 is 23.9 Å². The maximum atomic E-state index is 14.4. The molecule has 2 saturated heterocycles. The predicted octanol–water partition coefficient (Wildman–Crippen LogP) is 2.82. The van der Waals surface area contributed by atoms with Crippen molar-refractivity contribution in [3.05, 3.63) is 64.0 Å². The van der Waals surface area contributed by atoms with Crippen molar-refractivity contribution in [3.63, 3.8) is 0 Å². The van der Waals surface area contributed by atoms with Crippen molar-refractivity contribution in [1.29, 1.82) is 0 Å². The Kier molecular flexibility index (Phi) is 11.7. The Morgan fingerprint density at radius 2 is 1.62 bits per heavy atom. The summed E-state index contributed by atoms with van der Waals surface area (Å²) in [5.41, 5.74) is 0.451. The van der Waals surface area contributed by atoms with Gasteiger partial charge in [0.25, 0.3) is 5.56 Å². The third kappa shape index (κ3) is 7.72. The van der Waals surface area contributed by atoms with E-state index in [2.05, 4.69) is 33.7 Å². The number of fused-ring (bicyclic) bond motifs is 1. The Labute approximate surface area is 299 Å². The van der Waals surface area contributed by atoms with Crippen LogP contribution in [-0.4, -0.2) is 119 Å². The summed E-state index contributed by atoms with van der Waals surface area (Å²) in [7, 11) is 2.92. The second-order valence-electron chi connectivity index (χ2n) is 12.0. The molecule has 2 atom stereocenters. The van der Waals surface area contributed by atoms with Gasteiger partial charge in [0, 0.05) is 75.9 Å². The van der Waals surface area contributed by atoms with E-state index in [0.717, 1.165) is 0 Å². The van der Waals surface area contributed by atoms with Gasteiger partial charge in [-0.25, -0.2) is 4.98 Å². The van der Waals surface area contributed by atoms with Crippen LogP contribution >= 0.6 is 23.2 Å². The molecule has 2 aliphatic heterocycles. The van der Waals surface area contributed by atoms with Crippen LogP contribution in [0.1, 0.15) is 13.3 Å². The topological polar surface area (TPSA) is 151 Å². The van der Waals surface area contributed by atoms with Crippen LogP contribution in [0.15, 0.2) is 48.4 Å². The highest BCUT2D eigenvalue weighted by molar-refractivity contribution is 6.41. The van der Waals surface area contributed by atoms with Gasteiger partial charge in [0.15, 0.2) is 0 Å². The van der Waals surface area contributed by atoms with E-state index in [-0.39, 0.29) is 61.9 Å². The smallest absolute Gasteiger partial charge is 0.260 e. The molecule has 3 aromatic rings. The summed E-state index contributed by atoms with van der Waals surface area (Å²) in [6, 6.07) is 2.36. The first kappa shape index (κ1) is 36.6. The lowest BCUT2D eigenvalue weighted by atomic mass is 10.0. The van der Waals surface area contributed by atoms with Crippen molar-refractivity contribution >= 4 is 57.9 Å². The average molecular weight is 728 g/mol. The van der Waals surface area contributed by atoms with Crippen LogP contribution in [0.4, 0.5) is 5.95 Å². The van der Waals surface area contributed by atoms with Gasteiger partial charge in [0.1, 0.15) is 17.1 Å². The number of pyridine rings is 1. The predicted molar refractivity (Wildman–Crippen MR) is 192 cm³/mol.